The van der Waals surface area contributed by atoms with Crippen LogP contribution in [-0.4, -0.2) is 287 Å². The second kappa shape index (κ2) is 39.3. The lowest BCUT2D eigenvalue weighted by atomic mass is 9.95. The molecule has 5 aliphatic rings. The summed E-state index contributed by atoms with van der Waals surface area (Å²) in [6.45, 7) is 3.86. The number of alkyl halides is 2. The molecule has 0 aromatic heterocycles. The summed E-state index contributed by atoms with van der Waals surface area (Å²) in [4.78, 5) is 68.3. The summed E-state index contributed by atoms with van der Waals surface area (Å²) >= 11 is 13.2. The maximum atomic E-state index is 14.6. The van der Waals surface area contributed by atoms with E-state index in [1.165, 1.54) is 24.3 Å². The molecule has 29 nitrogen and oxygen atoms in total. The van der Waals surface area contributed by atoms with E-state index in [-0.39, 0.29) is 107 Å². The van der Waals surface area contributed by atoms with Crippen LogP contribution in [0, 0.1) is 0 Å². The van der Waals surface area contributed by atoms with Crippen molar-refractivity contribution in [3.63, 3.8) is 0 Å². The van der Waals surface area contributed by atoms with Gasteiger partial charge in [-0.1, -0.05) is 60.7 Å². The predicted octanol–water partition coefficient (Wildman–Crippen LogP) is 2.04. The smallest absolute Gasteiger partial charge is 0.253 e. The van der Waals surface area contributed by atoms with Gasteiger partial charge in [0.1, 0.15) is 72.7 Å². The summed E-state index contributed by atoms with van der Waals surface area (Å²) in [5, 5.41) is 89.0. The summed E-state index contributed by atoms with van der Waals surface area (Å²) in [5.74, 6) is -1.54. The first kappa shape index (κ1) is 79.3. The number of carbonyl (C=O) groups is 5. The second-order valence-corrected chi connectivity index (χ2v) is 25.4. The molecule has 0 spiro atoms. The van der Waals surface area contributed by atoms with E-state index in [1.54, 1.807) is 76.5 Å². The summed E-state index contributed by atoms with van der Waals surface area (Å²) in [7, 11) is 0. The lowest BCUT2D eigenvalue weighted by Crippen LogP contribution is -2.60. The Morgan fingerprint density at radius 1 is 0.500 bits per heavy atom. The van der Waals surface area contributed by atoms with Crippen molar-refractivity contribution in [3.8, 4) is 17.2 Å². The lowest BCUT2D eigenvalue weighted by Gasteiger charge is -2.39. The number of hydrogen-bond donors (Lipinski definition) is 9. The molecule has 2 fully saturated rings. The third kappa shape index (κ3) is 20.0. The number of aliphatic hydroxyl groups is 8. The Balaban J connectivity index is 0.714. The van der Waals surface area contributed by atoms with Gasteiger partial charge in [0, 0.05) is 109 Å². The number of rotatable bonds is 40. The first-order chi connectivity index (χ1) is 50.5. The standard InChI is InChI=1S/C73H88Cl2N4O25/c74-38-46-40-78(52-36-55(48-5-1-3-7-50(48)64(46)52)101-72-70(91)68(89)66(87)57(42-80)103-72)62(85)13-10-44-9-11-45(12-14-63(86)79-41-47(39-75)65-51-8-4-2-6-49(51)56(37-53(65)79)102-73-71(92)69(90)67(88)58(43-81)104-73)54(35-44)100-34-33-99-32-31-98-30-29-97-28-27-96-26-25-95-24-23-94-22-21-93-20-18-76-59(82)17-19-77-60(83)15-16-61(77)84/h1-16,35-37,46-47,57-58,66-73,80-81,87-92H,17-34,38-43H2,(H,76,82)/b13-10+,14-12+/t46-,47-,57-,58-,66+,67+,68+,69+,70-,71-,72-,73-/m1/s1. The molecule has 9 N–H and O–H groups in total. The second-order valence-electron chi connectivity index (χ2n) is 24.8. The molecule has 0 radical (unpaired) electrons. The Labute approximate surface area is 609 Å². The highest BCUT2D eigenvalue weighted by Gasteiger charge is 2.47. The molecule has 0 unspecified atom stereocenters. The quantitative estimate of drug-likeness (QED) is 0.0117. The van der Waals surface area contributed by atoms with Crippen molar-refractivity contribution in [2.45, 2.75) is 79.7 Å². The number of benzene rings is 5. The Hall–Kier alpha value is -7.31. The third-order valence-electron chi connectivity index (χ3n) is 18.0. The number of halogens is 2. The number of anilines is 2. The first-order valence-corrected chi connectivity index (χ1v) is 35.4. The van der Waals surface area contributed by atoms with Crippen molar-refractivity contribution in [1.29, 1.82) is 0 Å². The van der Waals surface area contributed by atoms with Crippen LogP contribution >= 0.6 is 23.2 Å². The zero-order valence-corrected chi connectivity index (χ0v) is 58.5. The molecule has 5 aromatic rings. The SMILES string of the molecule is O=C(CCN1C(=O)C=CC1=O)NCCOCCOCCOCCOCCOCCOCCOCCOc1cc(/C=C/C(=O)N2C[C@@H](CCl)c3c2cc(O[C@@H]2O[C@H](CO)[C@H](O)[C@H](O)[C@H]2O)c2ccccc32)ccc1/C=C/C(=O)N1C[C@@H](CCl)c2c1cc(O[C@@H]1O[C@H](CO)[C@H](O)[C@H](O)[C@H]1O)c1ccccc21. The summed E-state index contributed by atoms with van der Waals surface area (Å²) in [6.07, 6.45) is -7.08. The van der Waals surface area contributed by atoms with Crippen molar-refractivity contribution in [1.82, 2.24) is 10.2 Å². The van der Waals surface area contributed by atoms with Gasteiger partial charge in [-0.3, -0.25) is 28.9 Å². The highest BCUT2D eigenvalue weighted by molar-refractivity contribution is 6.20. The monoisotopic (exact) mass is 1490 g/mol. The number of nitrogens with zero attached hydrogens (tertiary/aromatic N) is 3. The predicted molar refractivity (Wildman–Crippen MR) is 378 cm³/mol. The number of ether oxygens (including phenoxy) is 12. The number of carbonyl (C=O) groups excluding carboxylic acids is 5. The fourth-order valence-corrected chi connectivity index (χ4v) is 13.0. The van der Waals surface area contributed by atoms with Gasteiger partial charge in [-0.15, -0.1) is 23.2 Å². The Bertz CT molecular complexity index is 3790. The van der Waals surface area contributed by atoms with E-state index in [2.05, 4.69) is 5.32 Å². The zero-order valence-electron chi connectivity index (χ0n) is 57.0. The van der Waals surface area contributed by atoms with Crippen molar-refractivity contribution >= 4 is 97.8 Å². The Kier molecular flexibility index (Phi) is 30.0. The van der Waals surface area contributed by atoms with Crippen molar-refractivity contribution < 1.29 is 122 Å². The van der Waals surface area contributed by atoms with E-state index in [9.17, 15) is 64.8 Å². The fourth-order valence-electron chi connectivity index (χ4n) is 12.5. The number of imide groups is 1. The molecule has 2 saturated heterocycles. The summed E-state index contributed by atoms with van der Waals surface area (Å²) in [6, 6.07) is 23.0. The van der Waals surface area contributed by atoms with Crippen molar-refractivity contribution in [2.75, 3.05) is 160 Å². The number of hydrogen-bond acceptors (Lipinski definition) is 25. The number of amides is 5. The van der Waals surface area contributed by atoms with Crippen LogP contribution in [-0.2, 0) is 66.6 Å². The normalized spacial score (nSPS) is 23.8. The van der Waals surface area contributed by atoms with E-state index < -0.39 is 98.3 Å². The van der Waals surface area contributed by atoms with Crippen LogP contribution in [0.1, 0.15) is 40.5 Å². The molecule has 5 heterocycles. The third-order valence-corrected chi connectivity index (χ3v) is 18.7. The molecule has 5 aromatic carbocycles. The number of fused-ring (bicyclic) bond motifs is 6. The van der Waals surface area contributed by atoms with E-state index in [0.717, 1.165) is 21.4 Å². The largest absolute Gasteiger partial charge is 0.491 e. The molecule has 0 saturated carbocycles. The Morgan fingerprint density at radius 2 is 0.913 bits per heavy atom. The molecule has 31 heteroatoms. The molecule has 10 rings (SSSR count). The van der Waals surface area contributed by atoms with Gasteiger partial charge in [0.2, 0.25) is 18.5 Å². The van der Waals surface area contributed by atoms with Crippen LogP contribution in [0.15, 0.2) is 103 Å². The highest BCUT2D eigenvalue weighted by atomic mass is 35.5. The van der Waals surface area contributed by atoms with Crippen LogP contribution in [0.3, 0.4) is 0 Å². The molecule has 564 valence electrons. The zero-order chi connectivity index (χ0) is 73.7. The minimum Gasteiger partial charge on any atom is -0.491 e. The molecule has 5 amide bonds. The van der Waals surface area contributed by atoms with Gasteiger partial charge in [-0.2, -0.15) is 0 Å². The summed E-state index contributed by atoms with van der Waals surface area (Å²) < 4.78 is 69.4. The molecule has 104 heavy (non-hydrogen) atoms. The van der Waals surface area contributed by atoms with Crippen LogP contribution in [0.4, 0.5) is 11.4 Å². The van der Waals surface area contributed by atoms with Gasteiger partial charge in [-0.25, -0.2) is 0 Å². The molecule has 5 aliphatic heterocycles. The van der Waals surface area contributed by atoms with E-state index >= 15 is 0 Å². The van der Waals surface area contributed by atoms with Crippen molar-refractivity contribution in [3.05, 3.63) is 125 Å². The maximum absolute atomic E-state index is 14.6. The molecule has 12 atom stereocenters. The van der Waals surface area contributed by atoms with E-state index in [4.69, 9.17) is 80.0 Å². The molecular weight excluding hydrogens is 1400 g/mol. The maximum Gasteiger partial charge on any atom is 0.253 e. The molecule has 0 bridgehead atoms. The average molecular weight is 1490 g/mol. The first-order valence-electron chi connectivity index (χ1n) is 34.3. The van der Waals surface area contributed by atoms with Crippen LogP contribution in [0.2, 0.25) is 0 Å². The Morgan fingerprint density at radius 3 is 1.35 bits per heavy atom. The van der Waals surface area contributed by atoms with Gasteiger partial charge >= 0.3 is 0 Å². The lowest BCUT2D eigenvalue weighted by molar-refractivity contribution is -0.277. The van der Waals surface area contributed by atoms with Gasteiger partial charge in [-0.05, 0) is 45.7 Å². The molecular formula is C73H88Cl2N4O25. The van der Waals surface area contributed by atoms with Crippen LogP contribution in [0.25, 0.3) is 33.7 Å². The number of nitrogens with one attached hydrogen (secondary N) is 1. The molecule has 0 aliphatic carbocycles. The van der Waals surface area contributed by atoms with Crippen LogP contribution < -0.4 is 29.3 Å². The van der Waals surface area contributed by atoms with Crippen LogP contribution in [0.5, 0.6) is 17.2 Å². The van der Waals surface area contributed by atoms with E-state index in [0.29, 0.717) is 110 Å². The van der Waals surface area contributed by atoms with Crippen molar-refractivity contribution in [2.24, 2.45) is 0 Å². The van der Waals surface area contributed by atoms with Gasteiger partial charge in [0.05, 0.1) is 117 Å². The minimum absolute atomic E-state index is 0.0111. The minimum atomic E-state index is -1.70. The van der Waals surface area contributed by atoms with Gasteiger partial charge in [0.15, 0.2) is 0 Å². The topological polar surface area (TPSA) is 380 Å². The highest BCUT2D eigenvalue weighted by Crippen LogP contribution is 2.48. The fraction of sp³-hybridized carbons (Fsp3) is 0.493. The number of aliphatic hydroxyl groups excluding tert-OH is 8. The summed E-state index contributed by atoms with van der Waals surface area (Å²) in [5.41, 5.74) is 3.56. The van der Waals surface area contributed by atoms with Gasteiger partial charge < -0.3 is 113 Å². The average Bonchev–Trinajstić information content (AvgIpc) is 1.58. The van der Waals surface area contributed by atoms with E-state index in [1.807, 2.05) is 24.3 Å². The van der Waals surface area contributed by atoms with Gasteiger partial charge in [0.25, 0.3) is 23.6 Å².